The highest BCUT2D eigenvalue weighted by atomic mass is 16.6. The lowest BCUT2D eigenvalue weighted by Gasteiger charge is -2.22. The van der Waals surface area contributed by atoms with Gasteiger partial charge in [0.1, 0.15) is 11.4 Å². The molecule has 0 saturated heterocycles. The number of hydrogen-bond donors (Lipinski definition) is 2. The molecule has 0 aromatic heterocycles. The number of rotatable bonds is 6. The highest BCUT2D eigenvalue weighted by Crippen LogP contribution is 2.13. The van der Waals surface area contributed by atoms with E-state index < -0.39 is 11.7 Å². The Hall–Kier alpha value is -2.01. The van der Waals surface area contributed by atoms with Crippen LogP contribution in [0, 0.1) is 0 Å². The van der Waals surface area contributed by atoms with Crippen molar-refractivity contribution in [2.24, 2.45) is 0 Å². The standard InChI is InChI=1S/C17H25NO4/c1-17(2,3)22-16(20)18-14(12-19)7-5-6-13-8-10-15(21-4)11-9-13/h5-6,8-11,14,19H,7,12H2,1-4H3,(H,18,20)/b6-5-/t14-/m0/s1. The number of aliphatic hydroxyl groups is 1. The van der Waals surface area contributed by atoms with Crippen LogP contribution in [-0.4, -0.2) is 36.6 Å². The van der Waals surface area contributed by atoms with E-state index in [1.807, 2.05) is 36.4 Å². The lowest BCUT2D eigenvalue weighted by atomic mass is 10.1. The van der Waals surface area contributed by atoms with Crippen molar-refractivity contribution in [1.29, 1.82) is 0 Å². The Morgan fingerprint density at radius 3 is 2.45 bits per heavy atom. The summed E-state index contributed by atoms with van der Waals surface area (Å²) in [6.07, 6.45) is 3.82. The highest BCUT2D eigenvalue weighted by molar-refractivity contribution is 5.68. The lowest BCUT2D eigenvalue weighted by Crippen LogP contribution is -2.40. The molecule has 0 radical (unpaired) electrons. The molecule has 0 heterocycles. The van der Waals surface area contributed by atoms with Crippen LogP contribution >= 0.6 is 0 Å². The van der Waals surface area contributed by atoms with Crippen LogP contribution in [0.15, 0.2) is 30.3 Å². The molecule has 0 saturated carbocycles. The molecule has 0 bridgehead atoms. The largest absolute Gasteiger partial charge is 0.497 e. The van der Waals surface area contributed by atoms with Crippen molar-refractivity contribution in [2.75, 3.05) is 13.7 Å². The molecule has 2 N–H and O–H groups in total. The van der Waals surface area contributed by atoms with Crippen LogP contribution in [0.2, 0.25) is 0 Å². The summed E-state index contributed by atoms with van der Waals surface area (Å²) in [6.45, 7) is 5.24. The summed E-state index contributed by atoms with van der Waals surface area (Å²) < 4.78 is 10.3. The second-order valence-electron chi connectivity index (χ2n) is 5.94. The van der Waals surface area contributed by atoms with Crippen LogP contribution in [0.1, 0.15) is 32.8 Å². The van der Waals surface area contributed by atoms with Gasteiger partial charge in [-0.1, -0.05) is 24.3 Å². The molecule has 1 aromatic rings. The van der Waals surface area contributed by atoms with Crippen LogP contribution < -0.4 is 10.1 Å². The Bertz CT molecular complexity index is 488. The second-order valence-corrected chi connectivity index (χ2v) is 5.94. The maximum Gasteiger partial charge on any atom is 0.407 e. The number of amides is 1. The Morgan fingerprint density at radius 2 is 1.95 bits per heavy atom. The first-order valence-electron chi connectivity index (χ1n) is 7.25. The second kappa shape index (κ2) is 8.44. The van der Waals surface area contributed by atoms with Gasteiger partial charge in [-0.15, -0.1) is 0 Å². The van der Waals surface area contributed by atoms with Crippen molar-refractivity contribution in [3.05, 3.63) is 35.9 Å². The van der Waals surface area contributed by atoms with E-state index in [9.17, 15) is 9.90 Å². The number of carbonyl (C=O) groups is 1. The fourth-order valence-corrected chi connectivity index (χ4v) is 1.74. The van der Waals surface area contributed by atoms with Crippen LogP contribution in [0.3, 0.4) is 0 Å². The third-order valence-corrected chi connectivity index (χ3v) is 2.79. The SMILES string of the molecule is COc1ccc(/C=C\C[C@@H](CO)NC(=O)OC(C)(C)C)cc1. The molecule has 0 aliphatic carbocycles. The fourth-order valence-electron chi connectivity index (χ4n) is 1.74. The molecule has 1 rings (SSSR count). The molecular weight excluding hydrogens is 282 g/mol. The maximum absolute atomic E-state index is 11.6. The van der Waals surface area contributed by atoms with Gasteiger partial charge in [0.05, 0.1) is 19.8 Å². The van der Waals surface area contributed by atoms with Crippen molar-refractivity contribution in [3.63, 3.8) is 0 Å². The summed E-state index contributed by atoms with van der Waals surface area (Å²) in [4.78, 5) is 11.6. The zero-order valence-electron chi connectivity index (χ0n) is 13.6. The zero-order chi connectivity index (χ0) is 16.6. The van der Waals surface area contributed by atoms with E-state index in [-0.39, 0.29) is 12.6 Å². The summed E-state index contributed by atoms with van der Waals surface area (Å²) >= 11 is 0. The van der Waals surface area contributed by atoms with E-state index in [1.165, 1.54) is 0 Å². The first kappa shape index (κ1) is 18.0. The predicted octanol–water partition coefficient (Wildman–Crippen LogP) is 2.98. The van der Waals surface area contributed by atoms with Gasteiger partial charge in [0.25, 0.3) is 0 Å². The number of nitrogens with one attached hydrogen (secondary N) is 1. The van der Waals surface area contributed by atoms with Gasteiger partial charge in [0.2, 0.25) is 0 Å². The van der Waals surface area contributed by atoms with Gasteiger partial charge >= 0.3 is 6.09 Å². The van der Waals surface area contributed by atoms with E-state index in [1.54, 1.807) is 27.9 Å². The molecule has 0 fully saturated rings. The molecule has 0 spiro atoms. The van der Waals surface area contributed by atoms with E-state index >= 15 is 0 Å². The Morgan fingerprint density at radius 1 is 1.32 bits per heavy atom. The van der Waals surface area contributed by atoms with Crippen LogP contribution in [0.4, 0.5) is 4.79 Å². The van der Waals surface area contributed by atoms with Gasteiger partial charge in [-0.2, -0.15) is 0 Å². The lowest BCUT2D eigenvalue weighted by molar-refractivity contribution is 0.0484. The van der Waals surface area contributed by atoms with Crippen molar-refractivity contribution in [1.82, 2.24) is 5.32 Å². The first-order valence-corrected chi connectivity index (χ1v) is 7.25. The van der Waals surface area contributed by atoms with Crippen molar-refractivity contribution >= 4 is 12.2 Å². The maximum atomic E-state index is 11.6. The Kier molecular flexibility index (Phi) is 6.92. The average molecular weight is 307 g/mol. The Balaban J connectivity index is 2.48. The molecule has 1 aromatic carbocycles. The van der Waals surface area contributed by atoms with Crippen LogP contribution in [0.5, 0.6) is 5.75 Å². The van der Waals surface area contributed by atoms with Gasteiger partial charge in [0.15, 0.2) is 0 Å². The van der Waals surface area contributed by atoms with Crippen molar-refractivity contribution in [2.45, 2.75) is 38.8 Å². The molecule has 0 aliphatic heterocycles. The monoisotopic (exact) mass is 307 g/mol. The molecule has 5 heteroatoms. The fraction of sp³-hybridized carbons (Fsp3) is 0.471. The number of ether oxygens (including phenoxy) is 2. The van der Waals surface area contributed by atoms with Gasteiger partial charge in [-0.25, -0.2) is 4.79 Å². The topological polar surface area (TPSA) is 67.8 Å². The first-order chi connectivity index (χ1) is 10.3. The van der Waals surface area contributed by atoms with E-state index in [2.05, 4.69) is 5.32 Å². The van der Waals surface area contributed by atoms with Gasteiger partial charge in [0, 0.05) is 0 Å². The summed E-state index contributed by atoms with van der Waals surface area (Å²) in [7, 11) is 1.62. The minimum atomic E-state index is -0.553. The number of aliphatic hydroxyl groups excluding tert-OH is 1. The smallest absolute Gasteiger partial charge is 0.407 e. The quantitative estimate of drug-likeness (QED) is 0.848. The Labute approximate surface area is 131 Å². The summed E-state index contributed by atoms with van der Waals surface area (Å²) in [5, 5.41) is 12.0. The van der Waals surface area contributed by atoms with Crippen LogP contribution in [0.25, 0.3) is 6.08 Å². The van der Waals surface area contributed by atoms with Crippen LogP contribution in [-0.2, 0) is 4.74 Å². The van der Waals surface area contributed by atoms with E-state index in [4.69, 9.17) is 9.47 Å². The molecule has 5 nitrogen and oxygen atoms in total. The predicted molar refractivity (Wildman–Crippen MR) is 86.9 cm³/mol. The minimum absolute atomic E-state index is 0.147. The van der Waals surface area contributed by atoms with E-state index in [0.717, 1.165) is 11.3 Å². The molecule has 0 unspecified atom stereocenters. The summed E-state index contributed by atoms with van der Waals surface area (Å²) in [6, 6.07) is 7.25. The number of methoxy groups -OCH3 is 1. The molecule has 1 atom stereocenters. The molecule has 1 amide bonds. The zero-order valence-corrected chi connectivity index (χ0v) is 13.6. The highest BCUT2D eigenvalue weighted by Gasteiger charge is 2.18. The normalized spacial score (nSPS) is 13.0. The van der Waals surface area contributed by atoms with Crippen molar-refractivity contribution in [3.8, 4) is 5.75 Å². The molecule has 122 valence electrons. The third-order valence-electron chi connectivity index (χ3n) is 2.79. The van der Waals surface area contributed by atoms with Crippen molar-refractivity contribution < 1.29 is 19.4 Å². The number of carbonyl (C=O) groups excluding carboxylic acids is 1. The number of alkyl carbamates (subject to hydrolysis) is 1. The number of hydrogen-bond acceptors (Lipinski definition) is 4. The third kappa shape index (κ3) is 7.13. The van der Waals surface area contributed by atoms with E-state index in [0.29, 0.717) is 6.42 Å². The number of benzene rings is 1. The minimum Gasteiger partial charge on any atom is -0.497 e. The van der Waals surface area contributed by atoms with Gasteiger partial charge < -0.3 is 19.9 Å². The molecule has 0 aliphatic rings. The van der Waals surface area contributed by atoms with Gasteiger partial charge in [-0.05, 0) is 44.9 Å². The average Bonchev–Trinajstić information content (AvgIpc) is 2.45. The van der Waals surface area contributed by atoms with Gasteiger partial charge in [-0.3, -0.25) is 0 Å². The molecule has 22 heavy (non-hydrogen) atoms. The molecular formula is C17H25NO4. The summed E-state index contributed by atoms with van der Waals surface area (Å²) in [5.74, 6) is 0.803. The summed E-state index contributed by atoms with van der Waals surface area (Å²) in [5.41, 5.74) is 0.470.